The van der Waals surface area contributed by atoms with Crippen molar-refractivity contribution in [2.45, 2.75) is 19.4 Å². The summed E-state index contributed by atoms with van der Waals surface area (Å²) in [6.07, 6.45) is 1.69. The predicted molar refractivity (Wildman–Crippen MR) is 94.7 cm³/mol. The van der Waals surface area contributed by atoms with E-state index in [4.69, 9.17) is 0 Å². The van der Waals surface area contributed by atoms with E-state index in [1.165, 1.54) is 4.80 Å². The van der Waals surface area contributed by atoms with Gasteiger partial charge in [-0.25, -0.2) is 5.43 Å². The van der Waals surface area contributed by atoms with E-state index in [2.05, 4.69) is 25.9 Å². The maximum atomic E-state index is 11.9. The minimum absolute atomic E-state index is 0.0448. The molecule has 25 heavy (non-hydrogen) atoms. The van der Waals surface area contributed by atoms with Crippen molar-refractivity contribution in [3.8, 4) is 11.4 Å². The summed E-state index contributed by atoms with van der Waals surface area (Å²) in [6, 6.07) is 19.4. The first-order valence-electron chi connectivity index (χ1n) is 7.92. The van der Waals surface area contributed by atoms with Gasteiger partial charge in [-0.2, -0.15) is 9.90 Å². The van der Waals surface area contributed by atoms with Crippen LogP contribution in [-0.2, 0) is 11.3 Å². The Morgan fingerprint density at radius 2 is 1.84 bits per heavy atom. The molecule has 7 heteroatoms. The van der Waals surface area contributed by atoms with Crippen LogP contribution < -0.4 is 5.43 Å². The van der Waals surface area contributed by atoms with Crippen molar-refractivity contribution in [3.63, 3.8) is 0 Å². The maximum Gasteiger partial charge on any atom is 0.263 e. The quantitative estimate of drug-likeness (QED) is 0.553. The first-order chi connectivity index (χ1) is 12.2. The van der Waals surface area contributed by atoms with Gasteiger partial charge in [0.05, 0.1) is 0 Å². The number of benzene rings is 2. The van der Waals surface area contributed by atoms with Gasteiger partial charge in [0, 0.05) is 17.7 Å². The molecule has 0 saturated heterocycles. The van der Waals surface area contributed by atoms with Crippen LogP contribution in [0.1, 0.15) is 18.4 Å². The van der Waals surface area contributed by atoms with Crippen LogP contribution in [0.15, 0.2) is 65.8 Å². The summed E-state index contributed by atoms with van der Waals surface area (Å²) in [5, 5.41) is 16.0. The van der Waals surface area contributed by atoms with Gasteiger partial charge < -0.3 is 0 Å². The third-order valence-electron chi connectivity index (χ3n) is 3.58. The van der Waals surface area contributed by atoms with Crippen molar-refractivity contribution >= 4 is 12.1 Å². The summed E-state index contributed by atoms with van der Waals surface area (Å²) in [7, 11) is 0. The molecule has 3 aromatic rings. The molecule has 7 nitrogen and oxygen atoms in total. The Morgan fingerprint density at radius 3 is 2.56 bits per heavy atom. The van der Waals surface area contributed by atoms with Crippen LogP contribution >= 0.6 is 0 Å². The van der Waals surface area contributed by atoms with E-state index < -0.39 is 0 Å². The summed E-state index contributed by atoms with van der Waals surface area (Å²) in [6.45, 7) is 1.97. The average Bonchev–Trinajstić information content (AvgIpc) is 3.11. The van der Waals surface area contributed by atoms with Gasteiger partial charge in [-0.05, 0) is 10.8 Å². The lowest BCUT2D eigenvalue weighted by molar-refractivity contribution is -0.122. The highest BCUT2D eigenvalue weighted by Crippen LogP contribution is 2.12. The zero-order chi connectivity index (χ0) is 17.5. The van der Waals surface area contributed by atoms with Crippen LogP contribution in [0.4, 0.5) is 0 Å². The second kappa shape index (κ2) is 7.96. The number of carbonyl (C=O) groups excluding carboxylic acids is 1. The number of carbonyl (C=O) groups is 1. The fourth-order valence-electron chi connectivity index (χ4n) is 2.24. The van der Waals surface area contributed by atoms with Gasteiger partial charge in [-0.3, -0.25) is 4.79 Å². The average molecular weight is 334 g/mol. The number of nitrogens with one attached hydrogen (secondary N) is 1. The SMILES string of the molecule is C[C@@H](/C=N\NC(=O)Cn1nnc(-c2ccccc2)n1)c1ccccc1. The molecule has 0 bridgehead atoms. The van der Waals surface area contributed by atoms with E-state index in [9.17, 15) is 4.79 Å². The number of amides is 1. The van der Waals surface area contributed by atoms with Gasteiger partial charge >= 0.3 is 0 Å². The molecule has 1 heterocycles. The summed E-state index contributed by atoms with van der Waals surface area (Å²) >= 11 is 0. The molecule has 2 aromatic carbocycles. The van der Waals surface area contributed by atoms with Crippen molar-refractivity contribution in [1.29, 1.82) is 0 Å². The fourth-order valence-corrected chi connectivity index (χ4v) is 2.24. The molecule has 1 N–H and O–H groups in total. The van der Waals surface area contributed by atoms with E-state index in [0.29, 0.717) is 5.82 Å². The van der Waals surface area contributed by atoms with Crippen LogP contribution in [0, 0.1) is 0 Å². The normalized spacial score (nSPS) is 12.2. The summed E-state index contributed by atoms with van der Waals surface area (Å²) in [5.41, 5.74) is 4.46. The van der Waals surface area contributed by atoms with E-state index in [-0.39, 0.29) is 18.4 Å². The Kier molecular flexibility index (Phi) is 5.26. The number of hydrogen-bond acceptors (Lipinski definition) is 5. The van der Waals surface area contributed by atoms with Gasteiger partial charge in [-0.15, -0.1) is 10.2 Å². The first kappa shape index (κ1) is 16.5. The van der Waals surface area contributed by atoms with Crippen molar-refractivity contribution in [1.82, 2.24) is 25.6 Å². The maximum absolute atomic E-state index is 11.9. The highest BCUT2D eigenvalue weighted by Gasteiger charge is 2.08. The van der Waals surface area contributed by atoms with Crippen LogP contribution in [0.5, 0.6) is 0 Å². The monoisotopic (exact) mass is 334 g/mol. The zero-order valence-corrected chi connectivity index (χ0v) is 13.8. The molecule has 3 rings (SSSR count). The molecule has 1 atom stereocenters. The molecule has 1 amide bonds. The first-order valence-corrected chi connectivity index (χ1v) is 7.92. The summed E-state index contributed by atoms with van der Waals surface area (Å²) in [4.78, 5) is 13.2. The summed E-state index contributed by atoms with van der Waals surface area (Å²) < 4.78 is 0. The summed E-state index contributed by atoms with van der Waals surface area (Å²) in [5.74, 6) is 0.277. The Labute approximate surface area is 145 Å². The molecular weight excluding hydrogens is 316 g/mol. The molecule has 0 spiro atoms. The number of aromatic nitrogens is 4. The van der Waals surface area contributed by atoms with Gasteiger partial charge in [0.15, 0.2) is 0 Å². The second-order valence-electron chi connectivity index (χ2n) is 5.52. The van der Waals surface area contributed by atoms with E-state index >= 15 is 0 Å². The van der Waals surface area contributed by atoms with E-state index in [0.717, 1.165) is 11.1 Å². The van der Waals surface area contributed by atoms with Gasteiger partial charge in [-0.1, -0.05) is 67.6 Å². The van der Waals surface area contributed by atoms with Crippen molar-refractivity contribution in [2.75, 3.05) is 0 Å². The minimum atomic E-state index is -0.312. The van der Waals surface area contributed by atoms with Gasteiger partial charge in [0.1, 0.15) is 6.54 Å². The lowest BCUT2D eigenvalue weighted by Gasteiger charge is -2.05. The number of tetrazole rings is 1. The third-order valence-corrected chi connectivity index (χ3v) is 3.58. The smallest absolute Gasteiger partial charge is 0.263 e. The van der Waals surface area contributed by atoms with Crippen LogP contribution in [0.2, 0.25) is 0 Å². The molecule has 0 unspecified atom stereocenters. The predicted octanol–water partition coefficient (Wildman–Crippen LogP) is 2.25. The van der Waals surface area contributed by atoms with Gasteiger partial charge in [0.2, 0.25) is 5.82 Å². The molecule has 1 aromatic heterocycles. The lowest BCUT2D eigenvalue weighted by Crippen LogP contribution is -2.24. The van der Waals surface area contributed by atoms with Crippen molar-refractivity contribution < 1.29 is 4.79 Å². The Morgan fingerprint density at radius 1 is 1.16 bits per heavy atom. The van der Waals surface area contributed by atoms with Crippen molar-refractivity contribution in [2.24, 2.45) is 5.10 Å². The second-order valence-corrected chi connectivity index (χ2v) is 5.52. The largest absolute Gasteiger partial charge is 0.271 e. The molecule has 0 aliphatic heterocycles. The Bertz CT molecular complexity index is 844. The molecule has 0 fully saturated rings. The lowest BCUT2D eigenvalue weighted by atomic mass is 10.0. The van der Waals surface area contributed by atoms with Crippen LogP contribution in [0.3, 0.4) is 0 Å². The number of hydrazone groups is 1. The molecule has 0 aliphatic rings. The van der Waals surface area contributed by atoms with Crippen molar-refractivity contribution in [3.05, 3.63) is 66.2 Å². The zero-order valence-electron chi connectivity index (χ0n) is 13.8. The molecule has 0 radical (unpaired) electrons. The highest BCUT2D eigenvalue weighted by molar-refractivity contribution is 5.77. The Hall–Kier alpha value is -3.35. The van der Waals surface area contributed by atoms with E-state index in [1.54, 1.807) is 6.21 Å². The standard InChI is InChI=1S/C18H18N6O/c1-14(15-8-4-2-5-9-15)12-19-20-17(25)13-24-22-18(21-23-24)16-10-6-3-7-11-16/h2-12,14H,13H2,1H3,(H,20,25)/b19-12-/t14-/m0/s1. The van der Waals surface area contributed by atoms with E-state index in [1.807, 2.05) is 67.6 Å². The molecule has 126 valence electrons. The fraction of sp³-hybridized carbons (Fsp3) is 0.167. The highest BCUT2D eigenvalue weighted by atomic mass is 16.2. The van der Waals surface area contributed by atoms with Crippen LogP contribution in [0.25, 0.3) is 11.4 Å². The topological polar surface area (TPSA) is 85.1 Å². The Balaban J connectivity index is 1.53. The number of rotatable bonds is 6. The van der Waals surface area contributed by atoms with Crippen LogP contribution in [-0.4, -0.2) is 32.3 Å². The molecule has 0 saturated carbocycles. The molecule has 0 aliphatic carbocycles. The third kappa shape index (κ3) is 4.57. The minimum Gasteiger partial charge on any atom is -0.271 e. The van der Waals surface area contributed by atoms with Gasteiger partial charge in [0.25, 0.3) is 5.91 Å². The molecular formula is C18H18N6O. The number of nitrogens with zero attached hydrogens (tertiary/aromatic N) is 5. The number of hydrogen-bond donors (Lipinski definition) is 1.